The van der Waals surface area contributed by atoms with Crippen LogP contribution in [-0.4, -0.2) is 7.11 Å². The lowest BCUT2D eigenvalue weighted by atomic mass is 9.99. The first-order chi connectivity index (χ1) is 9.56. The molecule has 106 valence electrons. The summed E-state index contributed by atoms with van der Waals surface area (Å²) >= 11 is 15.8. The molecule has 3 N–H and O–H groups in total. The van der Waals surface area contributed by atoms with Gasteiger partial charge in [0.1, 0.15) is 5.75 Å². The summed E-state index contributed by atoms with van der Waals surface area (Å²) in [5.74, 6) is 6.44. The van der Waals surface area contributed by atoms with Crippen LogP contribution in [0.2, 0.25) is 10.0 Å². The summed E-state index contributed by atoms with van der Waals surface area (Å²) in [6, 6.07) is 10.6. The number of nitrogens with two attached hydrogens (primary N) is 1. The molecule has 3 nitrogen and oxygen atoms in total. The molecule has 0 saturated carbocycles. The first-order valence-electron chi connectivity index (χ1n) is 5.81. The van der Waals surface area contributed by atoms with Crippen molar-refractivity contribution in [2.75, 3.05) is 7.11 Å². The van der Waals surface area contributed by atoms with E-state index in [1.807, 2.05) is 18.2 Å². The van der Waals surface area contributed by atoms with Gasteiger partial charge in [-0.15, -0.1) is 0 Å². The van der Waals surface area contributed by atoms with E-state index in [-0.39, 0.29) is 6.04 Å². The third kappa shape index (κ3) is 3.27. The predicted octanol–water partition coefficient (Wildman–Crippen LogP) is 4.32. The molecular formula is C14H13BrCl2N2O. The number of halogens is 3. The molecule has 0 aliphatic carbocycles. The molecule has 0 spiro atoms. The van der Waals surface area contributed by atoms with Crippen LogP contribution in [-0.2, 0) is 0 Å². The second-order valence-electron chi connectivity index (χ2n) is 4.15. The van der Waals surface area contributed by atoms with Gasteiger partial charge in [-0.25, -0.2) is 5.43 Å². The summed E-state index contributed by atoms with van der Waals surface area (Å²) in [4.78, 5) is 0. The van der Waals surface area contributed by atoms with Gasteiger partial charge in [0.05, 0.1) is 13.2 Å². The summed E-state index contributed by atoms with van der Waals surface area (Å²) < 4.78 is 6.15. The smallest absolute Gasteiger partial charge is 0.119 e. The molecule has 0 aliphatic heterocycles. The van der Waals surface area contributed by atoms with Gasteiger partial charge in [0.25, 0.3) is 0 Å². The molecule has 0 bridgehead atoms. The highest BCUT2D eigenvalue weighted by Gasteiger charge is 2.19. The molecule has 0 aromatic heterocycles. The number of benzene rings is 2. The molecule has 2 aromatic rings. The van der Waals surface area contributed by atoms with Crippen LogP contribution in [0.5, 0.6) is 5.75 Å². The molecule has 0 amide bonds. The van der Waals surface area contributed by atoms with Crippen LogP contribution in [0.3, 0.4) is 0 Å². The maximum atomic E-state index is 6.24. The van der Waals surface area contributed by atoms with Crippen molar-refractivity contribution in [3.63, 3.8) is 0 Å². The number of hydrogen-bond donors (Lipinski definition) is 2. The van der Waals surface area contributed by atoms with Crippen LogP contribution in [0, 0.1) is 0 Å². The third-order valence-corrected chi connectivity index (χ3v) is 4.25. The fourth-order valence-corrected chi connectivity index (χ4v) is 2.84. The van der Waals surface area contributed by atoms with E-state index in [0.717, 1.165) is 21.3 Å². The second kappa shape index (κ2) is 6.78. The van der Waals surface area contributed by atoms with Crippen molar-refractivity contribution < 1.29 is 4.74 Å². The van der Waals surface area contributed by atoms with Gasteiger partial charge in [-0.3, -0.25) is 5.84 Å². The highest BCUT2D eigenvalue weighted by atomic mass is 79.9. The van der Waals surface area contributed by atoms with E-state index in [9.17, 15) is 0 Å². The SMILES string of the molecule is COc1ccc(Br)c(C(NN)c2cc(Cl)ccc2Cl)c1. The molecule has 1 atom stereocenters. The largest absolute Gasteiger partial charge is 0.497 e. The van der Waals surface area contributed by atoms with Crippen molar-refractivity contribution in [1.29, 1.82) is 0 Å². The Morgan fingerprint density at radius 2 is 1.90 bits per heavy atom. The lowest BCUT2D eigenvalue weighted by Crippen LogP contribution is -2.29. The van der Waals surface area contributed by atoms with Crippen molar-refractivity contribution >= 4 is 39.1 Å². The predicted molar refractivity (Wildman–Crippen MR) is 86.3 cm³/mol. The minimum atomic E-state index is -0.300. The Balaban J connectivity index is 2.54. The van der Waals surface area contributed by atoms with Gasteiger partial charge in [-0.1, -0.05) is 39.1 Å². The van der Waals surface area contributed by atoms with E-state index < -0.39 is 0 Å². The van der Waals surface area contributed by atoms with Gasteiger partial charge >= 0.3 is 0 Å². The molecule has 1 unspecified atom stereocenters. The summed E-state index contributed by atoms with van der Waals surface area (Å²) in [7, 11) is 1.62. The summed E-state index contributed by atoms with van der Waals surface area (Å²) in [6.45, 7) is 0. The number of hydrazine groups is 1. The molecular weight excluding hydrogens is 363 g/mol. The first-order valence-corrected chi connectivity index (χ1v) is 7.36. The topological polar surface area (TPSA) is 47.3 Å². The normalized spacial score (nSPS) is 12.2. The molecule has 0 fully saturated rings. The zero-order valence-electron chi connectivity index (χ0n) is 10.7. The van der Waals surface area contributed by atoms with Gasteiger partial charge in [0, 0.05) is 14.5 Å². The van der Waals surface area contributed by atoms with Gasteiger partial charge in [-0.05, 0) is 47.5 Å². The van der Waals surface area contributed by atoms with Crippen molar-refractivity contribution in [3.8, 4) is 5.75 Å². The lowest BCUT2D eigenvalue weighted by Gasteiger charge is -2.20. The summed E-state index contributed by atoms with van der Waals surface area (Å²) in [5, 5.41) is 1.19. The number of nitrogens with one attached hydrogen (secondary N) is 1. The Hall–Kier alpha value is -0.780. The van der Waals surface area contributed by atoms with E-state index >= 15 is 0 Å². The van der Waals surface area contributed by atoms with E-state index in [0.29, 0.717) is 10.0 Å². The molecule has 2 rings (SSSR count). The fourth-order valence-electron chi connectivity index (χ4n) is 1.95. The fraction of sp³-hybridized carbons (Fsp3) is 0.143. The van der Waals surface area contributed by atoms with Crippen molar-refractivity contribution in [2.24, 2.45) is 5.84 Å². The molecule has 0 saturated heterocycles. The van der Waals surface area contributed by atoms with Crippen LogP contribution in [0.4, 0.5) is 0 Å². The molecule has 0 aliphatic rings. The van der Waals surface area contributed by atoms with Gasteiger partial charge in [0.2, 0.25) is 0 Å². The number of rotatable bonds is 4. The quantitative estimate of drug-likeness (QED) is 0.618. The average Bonchev–Trinajstić information content (AvgIpc) is 2.45. The standard InChI is InChI=1S/C14H13BrCl2N2O/c1-20-9-3-4-12(15)10(7-9)14(19-18)11-6-8(16)2-5-13(11)17/h2-7,14,19H,18H2,1H3. The third-order valence-electron chi connectivity index (χ3n) is 2.95. The van der Waals surface area contributed by atoms with Crippen molar-refractivity contribution in [2.45, 2.75) is 6.04 Å². The van der Waals surface area contributed by atoms with Crippen LogP contribution in [0.1, 0.15) is 17.2 Å². The van der Waals surface area contributed by atoms with E-state index in [4.69, 9.17) is 33.8 Å². The first kappa shape index (κ1) is 15.6. The molecule has 20 heavy (non-hydrogen) atoms. The maximum absolute atomic E-state index is 6.24. The van der Waals surface area contributed by atoms with E-state index in [2.05, 4.69) is 21.4 Å². The van der Waals surface area contributed by atoms with Crippen LogP contribution in [0.15, 0.2) is 40.9 Å². The number of hydrogen-bond acceptors (Lipinski definition) is 3. The number of methoxy groups -OCH3 is 1. The molecule has 0 radical (unpaired) electrons. The Morgan fingerprint density at radius 3 is 2.55 bits per heavy atom. The van der Waals surface area contributed by atoms with Crippen LogP contribution < -0.4 is 16.0 Å². The zero-order chi connectivity index (χ0) is 14.7. The van der Waals surface area contributed by atoms with Gasteiger partial charge in [-0.2, -0.15) is 0 Å². The van der Waals surface area contributed by atoms with Crippen LogP contribution in [0.25, 0.3) is 0 Å². The van der Waals surface area contributed by atoms with Gasteiger partial charge in [0.15, 0.2) is 0 Å². The summed E-state index contributed by atoms with van der Waals surface area (Å²) in [5.41, 5.74) is 4.48. The Kier molecular flexibility index (Phi) is 5.29. The van der Waals surface area contributed by atoms with Crippen molar-refractivity contribution in [1.82, 2.24) is 5.43 Å². The monoisotopic (exact) mass is 374 g/mol. The average molecular weight is 376 g/mol. The number of ether oxygens (including phenoxy) is 1. The highest BCUT2D eigenvalue weighted by molar-refractivity contribution is 9.10. The Morgan fingerprint density at radius 1 is 1.15 bits per heavy atom. The van der Waals surface area contributed by atoms with Crippen LogP contribution >= 0.6 is 39.1 Å². The van der Waals surface area contributed by atoms with E-state index in [1.54, 1.807) is 25.3 Å². The summed E-state index contributed by atoms with van der Waals surface area (Å²) in [6.07, 6.45) is 0. The molecule has 2 aromatic carbocycles. The Bertz CT molecular complexity index is 622. The molecule has 6 heteroatoms. The maximum Gasteiger partial charge on any atom is 0.119 e. The zero-order valence-corrected chi connectivity index (χ0v) is 13.8. The van der Waals surface area contributed by atoms with E-state index in [1.165, 1.54) is 0 Å². The molecule has 0 heterocycles. The lowest BCUT2D eigenvalue weighted by molar-refractivity contribution is 0.413. The van der Waals surface area contributed by atoms with Crippen molar-refractivity contribution in [3.05, 3.63) is 62.0 Å². The van der Waals surface area contributed by atoms with Gasteiger partial charge < -0.3 is 4.74 Å². The minimum absolute atomic E-state index is 0.300. The highest BCUT2D eigenvalue weighted by Crippen LogP contribution is 2.35. The minimum Gasteiger partial charge on any atom is -0.497 e. The Labute approximate surface area is 136 Å². The second-order valence-corrected chi connectivity index (χ2v) is 5.85.